The van der Waals surface area contributed by atoms with E-state index in [1.165, 1.54) is 11.3 Å². The molecule has 1 aromatic carbocycles. The Morgan fingerprint density at radius 3 is 2.69 bits per heavy atom. The highest BCUT2D eigenvalue weighted by Gasteiger charge is 2.19. The van der Waals surface area contributed by atoms with E-state index in [9.17, 15) is 9.59 Å². The third-order valence-corrected chi connectivity index (χ3v) is 4.45. The number of aromatic nitrogens is 2. The Balaban J connectivity index is 1.53. The summed E-state index contributed by atoms with van der Waals surface area (Å²) in [5, 5.41) is 14.4. The molecule has 0 aliphatic carbocycles. The molecule has 2 amide bonds. The minimum Gasteiger partial charge on any atom is -0.421 e. The van der Waals surface area contributed by atoms with Crippen LogP contribution in [0.4, 0.5) is 0 Å². The van der Waals surface area contributed by atoms with Gasteiger partial charge in [-0.15, -0.1) is 10.2 Å². The maximum Gasteiger partial charge on any atom is 0.248 e. The summed E-state index contributed by atoms with van der Waals surface area (Å²) in [4.78, 5) is 23.8. The van der Waals surface area contributed by atoms with Gasteiger partial charge in [-0.2, -0.15) is 11.3 Å². The van der Waals surface area contributed by atoms with Crippen LogP contribution in [0.25, 0.3) is 11.5 Å². The van der Waals surface area contributed by atoms with Gasteiger partial charge >= 0.3 is 0 Å². The summed E-state index contributed by atoms with van der Waals surface area (Å²) in [6.45, 7) is 0. The van der Waals surface area contributed by atoms with E-state index < -0.39 is 11.9 Å². The summed E-state index contributed by atoms with van der Waals surface area (Å²) in [6.07, 6.45) is 0.772. The number of aryl methyl sites for hydroxylation is 1. The summed E-state index contributed by atoms with van der Waals surface area (Å²) in [7, 11) is 0. The van der Waals surface area contributed by atoms with Gasteiger partial charge in [0.25, 0.3) is 0 Å². The second kappa shape index (κ2) is 8.39. The zero-order valence-corrected chi connectivity index (χ0v) is 14.7. The Hall–Kier alpha value is -3.00. The molecule has 3 aromatic rings. The van der Waals surface area contributed by atoms with E-state index in [0.29, 0.717) is 24.6 Å². The predicted octanol–water partition coefficient (Wildman–Crippen LogP) is 1.94. The zero-order valence-electron chi connectivity index (χ0n) is 13.9. The molecule has 0 spiro atoms. The summed E-state index contributed by atoms with van der Waals surface area (Å²) in [5.41, 5.74) is 7.19. The van der Waals surface area contributed by atoms with E-state index in [2.05, 4.69) is 15.5 Å². The minimum atomic E-state index is -0.756. The zero-order chi connectivity index (χ0) is 18.4. The number of carbonyl (C=O) groups excluding carboxylic acids is 2. The van der Waals surface area contributed by atoms with E-state index in [4.69, 9.17) is 10.2 Å². The lowest BCUT2D eigenvalue weighted by Crippen LogP contribution is -2.45. The van der Waals surface area contributed by atoms with Crippen LogP contribution in [0.2, 0.25) is 0 Å². The molecule has 0 aliphatic rings. The molecule has 134 valence electrons. The van der Waals surface area contributed by atoms with Crippen molar-refractivity contribution in [1.29, 1.82) is 0 Å². The number of primary amides is 1. The summed E-state index contributed by atoms with van der Waals surface area (Å²) < 4.78 is 5.54. The molecule has 0 saturated carbocycles. The number of hydrogen-bond acceptors (Lipinski definition) is 6. The molecule has 0 bridgehead atoms. The van der Waals surface area contributed by atoms with Gasteiger partial charge in [0.05, 0.1) is 0 Å². The Labute approximate surface area is 154 Å². The van der Waals surface area contributed by atoms with Crippen LogP contribution in [0, 0.1) is 0 Å². The van der Waals surface area contributed by atoms with Gasteiger partial charge in [-0.25, -0.2) is 0 Å². The van der Waals surface area contributed by atoms with Gasteiger partial charge in [0, 0.05) is 30.2 Å². The van der Waals surface area contributed by atoms with Crippen LogP contribution in [-0.4, -0.2) is 28.1 Å². The first kappa shape index (κ1) is 17.8. The number of amides is 2. The van der Waals surface area contributed by atoms with Crippen molar-refractivity contribution in [1.82, 2.24) is 15.5 Å². The summed E-state index contributed by atoms with van der Waals surface area (Å²) in [6, 6.07) is 10.5. The first-order valence-corrected chi connectivity index (χ1v) is 9.03. The molecule has 0 aliphatic heterocycles. The molecule has 8 heteroatoms. The lowest BCUT2D eigenvalue weighted by molar-refractivity contribution is -0.127. The fraction of sp³-hybridized carbons (Fsp3) is 0.222. The monoisotopic (exact) mass is 370 g/mol. The van der Waals surface area contributed by atoms with E-state index in [1.807, 2.05) is 47.2 Å². The average Bonchev–Trinajstić information content (AvgIpc) is 3.31. The van der Waals surface area contributed by atoms with Crippen LogP contribution in [-0.2, 0) is 22.4 Å². The number of nitrogens with two attached hydrogens (primary N) is 1. The average molecular weight is 370 g/mol. The molecule has 1 unspecified atom stereocenters. The summed E-state index contributed by atoms with van der Waals surface area (Å²) in [5.74, 6) is -0.0551. The van der Waals surface area contributed by atoms with Crippen LogP contribution in [0.1, 0.15) is 17.9 Å². The number of nitrogens with zero attached hydrogens (tertiary/aromatic N) is 2. The molecule has 0 fully saturated rings. The van der Waals surface area contributed by atoms with Crippen molar-refractivity contribution in [2.24, 2.45) is 5.73 Å². The Morgan fingerprint density at radius 1 is 1.19 bits per heavy atom. The number of rotatable bonds is 8. The third kappa shape index (κ3) is 4.76. The van der Waals surface area contributed by atoms with Crippen LogP contribution in [0.5, 0.6) is 0 Å². The van der Waals surface area contributed by atoms with Crippen LogP contribution in [0.3, 0.4) is 0 Å². The highest BCUT2D eigenvalue weighted by atomic mass is 32.1. The van der Waals surface area contributed by atoms with E-state index in [1.54, 1.807) is 0 Å². The molecule has 0 radical (unpaired) electrons. The second-order valence-electron chi connectivity index (χ2n) is 5.73. The molecule has 2 aromatic heterocycles. The topological polar surface area (TPSA) is 111 Å². The van der Waals surface area contributed by atoms with E-state index in [-0.39, 0.29) is 12.3 Å². The van der Waals surface area contributed by atoms with E-state index >= 15 is 0 Å². The maximum absolute atomic E-state index is 12.1. The minimum absolute atomic E-state index is 0.129. The Kier molecular flexibility index (Phi) is 5.75. The predicted molar refractivity (Wildman–Crippen MR) is 97.2 cm³/mol. The number of benzene rings is 1. The fourth-order valence-corrected chi connectivity index (χ4v) is 3.05. The number of carbonyl (C=O) groups is 2. The van der Waals surface area contributed by atoms with Gasteiger partial charge in [-0.1, -0.05) is 30.3 Å². The Bertz CT molecular complexity index is 862. The third-order valence-electron chi connectivity index (χ3n) is 3.76. The maximum atomic E-state index is 12.1. The SMILES string of the molecule is NC(=O)C(Cc1ccccc1)NC(=O)CCc1nnc(-c2ccsc2)o1. The van der Waals surface area contributed by atoms with Crippen molar-refractivity contribution < 1.29 is 14.0 Å². The first-order valence-electron chi connectivity index (χ1n) is 8.09. The lowest BCUT2D eigenvalue weighted by atomic mass is 10.1. The molecule has 26 heavy (non-hydrogen) atoms. The van der Waals surface area contributed by atoms with Crippen molar-refractivity contribution in [3.8, 4) is 11.5 Å². The number of thiophene rings is 1. The standard InChI is InChI=1S/C18H18N4O3S/c19-17(24)14(10-12-4-2-1-3-5-12)20-15(23)6-7-16-21-22-18(25-16)13-8-9-26-11-13/h1-5,8-9,11,14H,6-7,10H2,(H2,19,24)(H,20,23). The van der Waals surface area contributed by atoms with Gasteiger partial charge in [0.1, 0.15) is 6.04 Å². The number of hydrogen-bond donors (Lipinski definition) is 2. The molecule has 1 atom stereocenters. The molecule has 2 heterocycles. The van der Waals surface area contributed by atoms with Crippen molar-refractivity contribution in [2.75, 3.05) is 0 Å². The highest BCUT2D eigenvalue weighted by molar-refractivity contribution is 7.08. The molecular weight excluding hydrogens is 352 g/mol. The quantitative estimate of drug-likeness (QED) is 0.629. The molecule has 7 nitrogen and oxygen atoms in total. The van der Waals surface area contributed by atoms with Crippen molar-refractivity contribution in [2.45, 2.75) is 25.3 Å². The van der Waals surface area contributed by atoms with Gasteiger partial charge in [0.15, 0.2) is 0 Å². The lowest BCUT2D eigenvalue weighted by Gasteiger charge is -2.15. The molecule has 3 rings (SSSR count). The van der Waals surface area contributed by atoms with Gasteiger partial charge in [-0.05, 0) is 17.0 Å². The van der Waals surface area contributed by atoms with Gasteiger partial charge < -0.3 is 15.5 Å². The number of nitrogens with one attached hydrogen (secondary N) is 1. The normalized spacial score (nSPS) is 11.8. The summed E-state index contributed by atoms with van der Waals surface area (Å²) >= 11 is 1.54. The Morgan fingerprint density at radius 2 is 2.00 bits per heavy atom. The largest absolute Gasteiger partial charge is 0.421 e. The van der Waals surface area contributed by atoms with Crippen LogP contribution in [0.15, 0.2) is 51.6 Å². The molecule has 0 saturated heterocycles. The molecular formula is C18H18N4O3S. The van der Waals surface area contributed by atoms with Crippen molar-refractivity contribution in [3.05, 3.63) is 58.6 Å². The van der Waals surface area contributed by atoms with Crippen LogP contribution >= 0.6 is 11.3 Å². The highest BCUT2D eigenvalue weighted by Crippen LogP contribution is 2.20. The first-order chi connectivity index (χ1) is 12.6. The smallest absolute Gasteiger partial charge is 0.248 e. The van der Waals surface area contributed by atoms with Crippen LogP contribution < -0.4 is 11.1 Å². The van der Waals surface area contributed by atoms with Crippen molar-refractivity contribution >= 4 is 23.2 Å². The van der Waals surface area contributed by atoms with E-state index in [0.717, 1.165) is 11.1 Å². The van der Waals surface area contributed by atoms with Gasteiger partial charge in [-0.3, -0.25) is 9.59 Å². The molecule has 3 N–H and O–H groups in total. The van der Waals surface area contributed by atoms with Crippen molar-refractivity contribution in [3.63, 3.8) is 0 Å². The second-order valence-corrected chi connectivity index (χ2v) is 6.51. The van der Waals surface area contributed by atoms with Gasteiger partial charge in [0.2, 0.25) is 23.6 Å². The fourth-order valence-electron chi connectivity index (χ4n) is 2.42.